The number of nitrogens with zero attached hydrogens (tertiary/aromatic N) is 1. The molecular weight excluding hydrogens is 258 g/mol. The van der Waals surface area contributed by atoms with Gasteiger partial charge >= 0.3 is 0 Å². The predicted molar refractivity (Wildman–Crippen MR) is 81.4 cm³/mol. The number of pyridine rings is 1. The van der Waals surface area contributed by atoms with Crippen LogP contribution in [-0.4, -0.2) is 28.9 Å². The molecule has 0 saturated carbocycles. The minimum Gasteiger partial charge on any atom is -0.330 e. The molecule has 3 N–H and O–H groups in total. The zero-order chi connectivity index (χ0) is 13.5. The van der Waals surface area contributed by atoms with Gasteiger partial charge in [0, 0.05) is 36.1 Å². The molecule has 0 saturated heterocycles. The van der Waals surface area contributed by atoms with E-state index in [2.05, 4.69) is 10.3 Å². The third kappa shape index (κ3) is 3.94. The molecule has 0 aliphatic heterocycles. The SMILES string of the molecule is NCCSCCC(=O)Nc1cccc2cccnc12. The van der Waals surface area contributed by atoms with Crippen LogP contribution in [0, 0.1) is 0 Å². The molecule has 0 aliphatic rings. The van der Waals surface area contributed by atoms with E-state index in [1.165, 1.54) is 0 Å². The lowest BCUT2D eigenvalue weighted by Gasteiger charge is -2.07. The predicted octanol–water partition coefficient (Wildman–Crippen LogP) is 2.26. The van der Waals surface area contributed by atoms with Gasteiger partial charge in [0.15, 0.2) is 0 Å². The van der Waals surface area contributed by atoms with Gasteiger partial charge in [0.25, 0.3) is 0 Å². The number of thioether (sulfide) groups is 1. The van der Waals surface area contributed by atoms with Gasteiger partial charge < -0.3 is 11.1 Å². The van der Waals surface area contributed by atoms with Crippen molar-refractivity contribution in [3.63, 3.8) is 0 Å². The monoisotopic (exact) mass is 275 g/mol. The Hall–Kier alpha value is -1.59. The van der Waals surface area contributed by atoms with Crippen molar-refractivity contribution in [3.8, 4) is 0 Å². The zero-order valence-electron chi connectivity index (χ0n) is 10.6. The summed E-state index contributed by atoms with van der Waals surface area (Å²) in [5.74, 6) is 1.70. The van der Waals surface area contributed by atoms with Crippen LogP contribution in [0.2, 0.25) is 0 Å². The molecule has 0 radical (unpaired) electrons. The molecule has 0 spiro atoms. The van der Waals surface area contributed by atoms with Gasteiger partial charge in [-0.3, -0.25) is 9.78 Å². The molecule has 1 amide bonds. The highest BCUT2D eigenvalue weighted by Crippen LogP contribution is 2.20. The average molecular weight is 275 g/mol. The minimum absolute atomic E-state index is 0.0164. The van der Waals surface area contributed by atoms with Gasteiger partial charge in [0.05, 0.1) is 11.2 Å². The first-order valence-electron chi connectivity index (χ1n) is 6.22. The first kappa shape index (κ1) is 13.8. The van der Waals surface area contributed by atoms with Crippen molar-refractivity contribution >= 4 is 34.3 Å². The van der Waals surface area contributed by atoms with Crippen LogP contribution in [0.5, 0.6) is 0 Å². The molecule has 0 bridgehead atoms. The number of nitrogens with one attached hydrogen (secondary N) is 1. The number of para-hydroxylation sites is 1. The largest absolute Gasteiger partial charge is 0.330 e. The molecule has 1 heterocycles. The van der Waals surface area contributed by atoms with Crippen molar-refractivity contribution in [2.75, 3.05) is 23.4 Å². The number of carbonyl (C=O) groups is 1. The Balaban J connectivity index is 1.99. The zero-order valence-corrected chi connectivity index (χ0v) is 11.5. The van der Waals surface area contributed by atoms with Gasteiger partial charge in [-0.1, -0.05) is 18.2 Å². The summed E-state index contributed by atoms with van der Waals surface area (Å²) in [6, 6.07) is 9.64. The highest BCUT2D eigenvalue weighted by molar-refractivity contribution is 7.99. The second-order valence-corrected chi connectivity index (χ2v) is 5.30. The number of anilines is 1. The fraction of sp³-hybridized carbons (Fsp3) is 0.286. The molecule has 1 aromatic carbocycles. The molecule has 0 fully saturated rings. The molecule has 2 aromatic rings. The normalized spacial score (nSPS) is 10.6. The quantitative estimate of drug-likeness (QED) is 0.793. The molecule has 0 atom stereocenters. The van der Waals surface area contributed by atoms with Crippen LogP contribution in [0.25, 0.3) is 10.9 Å². The summed E-state index contributed by atoms with van der Waals surface area (Å²) in [5, 5.41) is 3.94. The first-order chi connectivity index (χ1) is 9.31. The van der Waals surface area contributed by atoms with Crippen LogP contribution < -0.4 is 11.1 Å². The molecule has 2 rings (SSSR count). The molecule has 0 aliphatic carbocycles. The van der Waals surface area contributed by atoms with Gasteiger partial charge in [-0.05, 0) is 12.1 Å². The Bertz CT molecular complexity index is 554. The lowest BCUT2D eigenvalue weighted by molar-refractivity contribution is -0.115. The molecule has 19 heavy (non-hydrogen) atoms. The molecule has 4 nitrogen and oxygen atoms in total. The van der Waals surface area contributed by atoms with Crippen LogP contribution in [0.3, 0.4) is 0 Å². The highest BCUT2D eigenvalue weighted by Gasteiger charge is 2.06. The second kappa shape index (κ2) is 7.11. The summed E-state index contributed by atoms with van der Waals surface area (Å²) in [5.41, 5.74) is 7.00. The number of hydrogen-bond donors (Lipinski definition) is 2. The fourth-order valence-electron chi connectivity index (χ4n) is 1.77. The summed E-state index contributed by atoms with van der Waals surface area (Å²) in [6.45, 7) is 0.652. The van der Waals surface area contributed by atoms with Crippen LogP contribution in [0.15, 0.2) is 36.5 Å². The summed E-state index contributed by atoms with van der Waals surface area (Å²) >= 11 is 1.69. The first-order valence-corrected chi connectivity index (χ1v) is 7.38. The molecule has 100 valence electrons. The molecule has 5 heteroatoms. The Kier molecular flexibility index (Phi) is 5.18. The smallest absolute Gasteiger partial charge is 0.225 e. The van der Waals surface area contributed by atoms with Gasteiger partial charge in [-0.15, -0.1) is 0 Å². The van der Waals surface area contributed by atoms with E-state index in [-0.39, 0.29) is 5.91 Å². The van der Waals surface area contributed by atoms with E-state index in [0.29, 0.717) is 13.0 Å². The number of benzene rings is 1. The van der Waals surface area contributed by atoms with E-state index in [1.54, 1.807) is 18.0 Å². The lowest BCUT2D eigenvalue weighted by Crippen LogP contribution is -2.13. The Morgan fingerprint density at radius 2 is 2.11 bits per heavy atom. The van der Waals surface area contributed by atoms with Crippen LogP contribution >= 0.6 is 11.8 Å². The number of nitrogens with two attached hydrogens (primary N) is 1. The van der Waals surface area contributed by atoms with Crippen molar-refractivity contribution in [2.45, 2.75) is 6.42 Å². The van der Waals surface area contributed by atoms with E-state index >= 15 is 0 Å². The minimum atomic E-state index is 0.0164. The van der Waals surface area contributed by atoms with E-state index in [4.69, 9.17) is 5.73 Å². The maximum Gasteiger partial charge on any atom is 0.225 e. The number of hydrogen-bond acceptors (Lipinski definition) is 4. The number of rotatable bonds is 6. The highest BCUT2D eigenvalue weighted by atomic mass is 32.2. The van der Waals surface area contributed by atoms with Crippen LogP contribution in [-0.2, 0) is 4.79 Å². The van der Waals surface area contributed by atoms with E-state index in [0.717, 1.165) is 28.1 Å². The number of carbonyl (C=O) groups excluding carboxylic acids is 1. The Morgan fingerprint density at radius 3 is 2.95 bits per heavy atom. The summed E-state index contributed by atoms with van der Waals surface area (Å²) < 4.78 is 0. The van der Waals surface area contributed by atoms with Gasteiger partial charge in [0.2, 0.25) is 5.91 Å². The van der Waals surface area contributed by atoms with E-state index < -0.39 is 0 Å². The maximum atomic E-state index is 11.8. The van der Waals surface area contributed by atoms with Crippen molar-refractivity contribution in [1.82, 2.24) is 4.98 Å². The second-order valence-electron chi connectivity index (χ2n) is 4.08. The molecule has 1 aromatic heterocycles. The van der Waals surface area contributed by atoms with Gasteiger partial charge in [-0.2, -0.15) is 11.8 Å². The van der Waals surface area contributed by atoms with Gasteiger partial charge in [0.1, 0.15) is 0 Å². The third-order valence-electron chi connectivity index (χ3n) is 2.64. The van der Waals surface area contributed by atoms with Crippen LogP contribution in [0.4, 0.5) is 5.69 Å². The topological polar surface area (TPSA) is 68.0 Å². The van der Waals surface area contributed by atoms with E-state index in [1.807, 2.05) is 30.3 Å². The Morgan fingerprint density at radius 1 is 1.26 bits per heavy atom. The number of aromatic nitrogens is 1. The van der Waals surface area contributed by atoms with Gasteiger partial charge in [-0.25, -0.2) is 0 Å². The lowest BCUT2D eigenvalue weighted by atomic mass is 10.2. The summed E-state index contributed by atoms with van der Waals surface area (Å²) in [7, 11) is 0. The maximum absolute atomic E-state index is 11.8. The van der Waals surface area contributed by atoms with E-state index in [9.17, 15) is 4.79 Å². The average Bonchev–Trinajstić information content (AvgIpc) is 2.44. The Labute approximate surface area is 116 Å². The summed E-state index contributed by atoms with van der Waals surface area (Å²) in [4.78, 5) is 16.1. The van der Waals surface area contributed by atoms with Crippen molar-refractivity contribution < 1.29 is 4.79 Å². The molecular formula is C14H17N3OS. The van der Waals surface area contributed by atoms with Crippen molar-refractivity contribution in [1.29, 1.82) is 0 Å². The number of fused-ring (bicyclic) bond motifs is 1. The molecule has 0 unspecified atom stereocenters. The van der Waals surface area contributed by atoms with Crippen LogP contribution in [0.1, 0.15) is 6.42 Å². The van der Waals surface area contributed by atoms with Crippen molar-refractivity contribution in [3.05, 3.63) is 36.5 Å². The standard InChI is InChI=1S/C14H17N3OS/c15-7-10-19-9-6-13(18)17-12-5-1-3-11-4-2-8-16-14(11)12/h1-5,8H,6-7,9-10,15H2,(H,17,18). The fourth-order valence-corrected chi connectivity index (χ4v) is 2.47. The third-order valence-corrected chi connectivity index (χ3v) is 3.66. The van der Waals surface area contributed by atoms with Crippen molar-refractivity contribution in [2.24, 2.45) is 5.73 Å². The number of amides is 1. The summed E-state index contributed by atoms with van der Waals surface area (Å²) in [6.07, 6.45) is 2.23.